The van der Waals surface area contributed by atoms with Gasteiger partial charge in [0.2, 0.25) is 0 Å². The molecular weight excluding hydrogens is 250 g/mol. The van der Waals surface area contributed by atoms with E-state index in [0.29, 0.717) is 6.04 Å². The molecule has 0 aliphatic rings. The van der Waals surface area contributed by atoms with Gasteiger partial charge in [-0.1, -0.05) is 13.8 Å². The highest BCUT2D eigenvalue weighted by atomic mass is 32.2. The van der Waals surface area contributed by atoms with E-state index < -0.39 is 9.84 Å². The van der Waals surface area contributed by atoms with Crippen LogP contribution in [-0.4, -0.2) is 37.0 Å². The standard InChI is InChI=1S/C12H23N3O2S/c1-5-7-13-12(6-2)10(3)15-9-11(8-14-15)18(4,16)17/h8-10,12-13H,5-7H2,1-4H3. The largest absolute Gasteiger partial charge is 0.312 e. The molecule has 1 N–H and O–H groups in total. The maximum atomic E-state index is 11.4. The van der Waals surface area contributed by atoms with Gasteiger partial charge in [-0.3, -0.25) is 4.68 Å². The van der Waals surface area contributed by atoms with Crippen molar-refractivity contribution in [3.05, 3.63) is 12.4 Å². The molecule has 0 saturated heterocycles. The molecule has 2 unspecified atom stereocenters. The summed E-state index contributed by atoms with van der Waals surface area (Å²) in [5, 5.41) is 7.61. The molecule has 1 aromatic heterocycles. The third-order valence-corrected chi connectivity index (χ3v) is 4.17. The van der Waals surface area contributed by atoms with Crippen molar-refractivity contribution >= 4 is 9.84 Å². The molecule has 0 bridgehead atoms. The normalized spacial score (nSPS) is 15.6. The number of sulfone groups is 1. The molecule has 0 amide bonds. The molecule has 0 aliphatic heterocycles. The van der Waals surface area contributed by atoms with Gasteiger partial charge in [-0.05, 0) is 26.3 Å². The second kappa shape index (κ2) is 6.33. The summed E-state index contributed by atoms with van der Waals surface area (Å²) in [6.07, 6.45) is 6.28. The Balaban J connectivity index is 2.82. The molecule has 0 saturated carbocycles. The second-order valence-corrected chi connectivity index (χ2v) is 6.65. The summed E-state index contributed by atoms with van der Waals surface area (Å²) in [5.74, 6) is 0. The molecule has 0 aromatic carbocycles. The molecular formula is C12H23N3O2S. The predicted octanol–water partition coefficient (Wildman–Crippen LogP) is 1.63. The van der Waals surface area contributed by atoms with Crippen LogP contribution in [0.3, 0.4) is 0 Å². The van der Waals surface area contributed by atoms with Gasteiger partial charge >= 0.3 is 0 Å². The van der Waals surface area contributed by atoms with Crippen molar-refractivity contribution < 1.29 is 8.42 Å². The lowest BCUT2D eigenvalue weighted by Crippen LogP contribution is -2.36. The van der Waals surface area contributed by atoms with Crippen molar-refractivity contribution in [1.82, 2.24) is 15.1 Å². The Morgan fingerprint density at radius 3 is 2.56 bits per heavy atom. The number of hydrogen-bond acceptors (Lipinski definition) is 4. The Morgan fingerprint density at radius 1 is 1.44 bits per heavy atom. The third-order valence-electron chi connectivity index (χ3n) is 3.10. The summed E-state index contributed by atoms with van der Waals surface area (Å²) in [6, 6.07) is 0.439. The lowest BCUT2D eigenvalue weighted by Gasteiger charge is -2.24. The van der Waals surface area contributed by atoms with Crippen molar-refractivity contribution in [2.24, 2.45) is 0 Å². The molecule has 1 heterocycles. The van der Waals surface area contributed by atoms with E-state index in [1.807, 2.05) is 0 Å². The lowest BCUT2D eigenvalue weighted by molar-refractivity contribution is 0.339. The van der Waals surface area contributed by atoms with Crippen LogP contribution < -0.4 is 5.32 Å². The number of hydrogen-bond donors (Lipinski definition) is 1. The van der Waals surface area contributed by atoms with Gasteiger partial charge in [-0.2, -0.15) is 5.10 Å². The first-order valence-corrected chi connectivity index (χ1v) is 8.26. The Morgan fingerprint density at radius 2 is 2.11 bits per heavy atom. The van der Waals surface area contributed by atoms with Crippen LogP contribution >= 0.6 is 0 Å². The van der Waals surface area contributed by atoms with Crippen molar-refractivity contribution in [1.29, 1.82) is 0 Å². The minimum Gasteiger partial charge on any atom is -0.312 e. The zero-order chi connectivity index (χ0) is 13.8. The molecule has 5 nitrogen and oxygen atoms in total. The first kappa shape index (κ1) is 15.2. The van der Waals surface area contributed by atoms with Gasteiger partial charge in [0.25, 0.3) is 0 Å². The summed E-state index contributed by atoms with van der Waals surface area (Å²) >= 11 is 0. The molecule has 0 fully saturated rings. The zero-order valence-corrected chi connectivity index (χ0v) is 12.4. The van der Waals surface area contributed by atoms with Crippen LogP contribution in [0.15, 0.2) is 17.3 Å². The summed E-state index contributed by atoms with van der Waals surface area (Å²) < 4.78 is 24.6. The fourth-order valence-electron chi connectivity index (χ4n) is 1.90. The maximum absolute atomic E-state index is 11.4. The smallest absolute Gasteiger partial charge is 0.178 e. The van der Waals surface area contributed by atoms with Crippen LogP contribution in [0.5, 0.6) is 0 Å². The van der Waals surface area contributed by atoms with Crippen molar-refractivity contribution in [2.45, 2.75) is 50.6 Å². The van der Waals surface area contributed by atoms with Crippen LogP contribution in [0.2, 0.25) is 0 Å². The Bertz CT molecular complexity index is 467. The Hall–Kier alpha value is -0.880. The van der Waals surface area contributed by atoms with Crippen LogP contribution in [0.4, 0.5) is 0 Å². The van der Waals surface area contributed by atoms with Crippen LogP contribution in [-0.2, 0) is 9.84 Å². The van der Waals surface area contributed by atoms with E-state index in [1.54, 1.807) is 10.9 Å². The SMILES string of the molecule is CCCNC(CC)C(C)n1cc(S(C)(=O)=O)cn1. The van der Waals surface area contributed by atoms with Gasteiger partial charge in [0.15, 0.2) is 9.84 Å². The monoisotopic (exact) mass is 273 g/mol. The minimum absolute atomic E-state index is 0.136. The van der Waals surface area contributed by atoms with E-state index in [9.17, 15) is 8.42 Å². The quantitative estimate of drug-likeness (QED) is 0.820. The zero-order valence-electron chi connectivity index (χ0n) is 11.5. The third kappa shape index (κ3) is 3.81. The molecule has 1 aromatic rings. The van der Waals surface area contributed by atoms with Crippen molar-refractivity contribution in [2.75, 3.05) is 12.8 Å². The molecule has 0 radical (unpaired) electrons. The fourth-order valence-corrected chi connectivity index (χ4v) is 2.44. The van der Waals surface area contributed by atoms with Gasteiger partial charge in [0.05, 0.1) is 12.2 Å². The molecule has 6 heteroatoms. The van der Waals surface area contributed by atoms with Crippen LogP contribution in [0.25, 0.3) is 0 Å². The number of nitrogens with zero attached hydrogens (tertiary/aromatic N) is 2. The van der Waals surface area contributed by atoms with E-state index in [2.05, 4.69) is 31.2 Å². The molecule has 1 rings (SSSR count). The fraction of sp³-hybridized carbons (Fsp3) is 0.750. The Kier molecular flexibility index (Phi) is 5.34. The van der Waals surface area contributed by atoms with Gasteiger partial charge in [-0.25, -0.2) is 8.42 Å². The highest BCUT2D eigenvalue weighted by Crippen LogP contribution is 2.16. The van der Waals surface area contributed by atoms with Gasteiger partial charge in [0.1, 0.15) is 4.90 Å². The second-order valence-electron chi connectivity index (χ2n) is 4.64. The van der Waals surface area contributed by atoms with E-state index in [-0.39, 0.29) is 10.9 Å². The summed E-state index contributed by atoms with van der Waals surface area (Å²) in [5.41, 5.74) is 0. The summed E-state index contributed by atoms with van der Waals surface area (Å²) in [4.78, 5) is 0.277. The molecule has 0 spiro atoms. The molecule has 0 aliphatic carbocycles. The van der Waals surface area contributed by atoms with E-state index in [0.717, 1.165) is 19.4 Å². The van der Waals surface area contributed by atoms with E-state index >= 15 is 0 Å². The van der Waals surface area contributed by atoms with Crippen LogP contribution in [0.1, 0.15) is 39.7 Å². The van der Waals surface area contributed by atoms with E-state index in [1.165, 1.54) is 12.5 Å². The Labute approximate surface area is 109 Å². The number of nitrogens with one attached hydrogen (secondary N) is 1. The first-order chi connectivity index (χ1) is 8.40. The number of rotatable bonds is 7. The van der Waals surface area contributed by atoms with Crippen LogP contribution in [0, 0.1) is 0 Å². The topological polar surface area (TPSA) is 64.0 Å². The van der Waals surface area contributed by atoms with Gasteiger partial charge < -0.3 is 5.32 Å². The highest BCUT2D eigenvalue weighted by molar-refractivity contribution is 7.90. The van der Waals surface area contributed by atoms with E-state index in [4.69, 9.17) is 0 Å². The maximum Gasteiger partial charge on any atom is 0.178 e. The van der Waals surface area contributed by atoms with Gasteiger partial charge in [-0.15, -0.1) is 0 Å². The summed E-state index contributed by atoms with van der Waals surface area (Å²) in [7, 11) is -3.17. The van der Waals surface area contributed by atoms with Gasteiger partial charge in [0, 0.05) is 18.5 Å². The highest BCUT2D eigenvalue weighted by Gasteiger charge is 2.19. The number of aromatic nitrogens is 2. The molecule has 104 valence electrons. The first-order valence-electron chi connectivity index (χ1n) is 6.37. The van der Waals surface area contributed by atoms with Crippen molar-refractivity contribution in [3.8, 4) is 0 Å². The average molecular weight is 273 g/mol. The predicted molar refractivity (Wildman–Crippen MR) is 72.4 cm³/mol. The lowest BCUT2D eigenvalue weighted by atomic mass is 10.1. The van der Waals surface area contributed by atoms with Crippen molar-refractivity contribution in [3.63, 3.8) is 0 Å². The average Bonchev–Trinajstić information content (AvgIpc) is 2.78. The molecule has 2 atom stereocenters. The molecule has 18 heavy (non-hydrogen) atoms. The summed E-state index contributed by atoms with van der Waals surface area (Å²) in [6.45, 7) is 7.25. The minimum atomic E-state index is -3.17.